The SMILES string of the molecule is CCOC(Cn1cc(C(=O)NC(C)c2cccc(Br)c2)nn1)OCC. The van der Waals surface area contributed by atoms with Gasteiger partial charge >= 0.3 is 0 Å². The molecular formula is C17H23BrN4O3. The van der Waals surface area contributed by atoms with E-state index in [-0.39, 0.29) is 17.6 Å². The summed E-state index contributed by atoms with van der Waals surface area (Å²) in [5.41, 5.74) is 1.26. The number of hydrogen-bond donors (Lipinski definition) is 1. The Balaban J connectivity index is 1.97. The van der Waals surface area contributed by atoms with Gasteiger partial charge in [-0.25, -0.2) is 4.68 Å². The molecule has 0 aliphatic carbocycles. The smallest absolute Gasteiger partial charge is 0.273 e. The van der Waals surface area contributed by atoms with E-state index in [4.69, 9.17) is 9.47 Å². The van der Waals surface area contributed by atoms with Gasteiger partial charge in [0.1, 0.15) is 0 Å². The monoisotopic (exact) mass is 410 g/mol. The first-order valence-corrected chi connectivity index (χ1v) is 9.02. The van der Waals surface area contributed by atoms with Crippen molar-refractivity contribution >= 4 is 21.8 Å². The summed E-state index contributed by atoms with van der Waals surface area (Å²) in [7, 11) is 0. The van der Waals surface area contributed by atoms with E-state index in [0.29, 0.717) is 19.8 Å². The van der Waals surface area contributed by atoms with Gasteiger partial charge in [-0.3, -0.25) is 4.79 Å². The van der Waals surface area contributed by atoms with Crippen LogP contribution in [-0.4, -0.2) is 40.4 Å². The summed E-state index contributed by atoms with van der Waals surface area (Å²) in [5, 5.41) is 10.8. The van der Waals surface area contributed by atoms with Gasteiger partial charge in [-0.05, 0) is 38.5 Å². The molecule has 1 amide bonds. The lowest BCUT2D eigenvalue weighted by Crippen LogP contribution is -2.27. The van der Waals surface area contributed by atoms with Crippen LogP contribution in [-0.2, 0) is 16.0 Å². The van der Waals surface area contributed by atoms with Gasteiger partial charge in [0.05, 0.1) is 18.8 Å². The van der Waals surface area contributed by atoms with E-state index in [1.54, 1.807) is 10.9 Å². The lowest BCUT2D eigenvalue weighted by Gasteiger charge is -2.16. The maximum absolute atomic E-state index is 12.4. The zero-order chi connectivity index (χ0) is 18.2. The van der Waals surface area contributed by atoms with Crippen molar-refractivity contribution < 1.29 is 14.3 Å². The van der Waals surface area contributed by atoms with Crippen LogP contribution in [0, 0.1) is 0 Å². The van der Waals surface area contributed by atoms with E-state index in [9.17, 15) is 4.79 Å². The van der Waals surface area contributed by atoms with Crippen LogP contribution in [0.25, 0.3) is 0 Å². The van der Waals surface area contributed by atoms with Gasteiger partial charge in [0.15, 0.2) is 12.0 Å². The highest BCUT2D eigenvalue weighted by atomic mass is 79.9. The van der Waals surface area contributed by atoms with Crippen LogP contribution >= 0.6 is 15.9 Å². The number of hydrogen-bond acceptors (Lipinski definition) is 5. The summed E-state index contributed by atoms with van der Waals surface area (Å²) >= 11 is 3.43. The van der Waals surface area contributed by atoms with Crippen LogP contribution in [0.5, 0.6) is 0 Å². The predicted molar refractivity (Wildman–Crippen MR) is 97.1 cm³/mol. The molecule has 0 bridgehead atoms. The van der Waals surface area contributed by atoms with Gasteiger partial charge in [0.2, 0.25) is 0 Å². The van der Waals surface area contributed by atoms with Crippen molar-refractivity contribution in [1.29, 1.82) is 0 Å². The first-order chi connectivity index (χ1) is 12.0. The fourth-order valence-corrected chi connectivity index (χ4v) is 2.72. The Morgan fingerprint density at radius 3 is 2.68 bits per heavy atom. The summed E-state index contributed by atoms with van der Waals surface area (Å²) in [6.45, 7) is 7.17. The predicted octanol–water partition coefficient (Wildman–Crippen LogP) is 2.93. The average Bonchev–Trinajstić information content (AvgIpc) is 3.04. The summed E-state index contributed by atoms with van der Waals surface area (Å²) < 4.78 is 13.5. The van der Waals surface area contributed by atoms with Crippen LogP contribution in [0.1, 0.15) is 42.9 Å². The van der Waals surface area contributed by atoms with Crippen molar-refractivity contribution in [1.82, 2.24) is 20.3 Å². The number of carbonyl (C=O) groups excluding carboxylic acids is 1. The Hall–Kier alpha value is -1.77. The number of carbonyl (C=O) groups is 1. The molecule has 0 saturated carbocycles. The number of halogens is 1. The highest BCUT2D eigenvalue weighted by Crippen LogP contribution is 2.18. The third-order valence-corrected chi connectivity index (χ3v) is 4.00. The number of ether oxygens (including phenoxy) is 2. The van der Waals surface area contributed by atoms with Crippen molar-refractivity contribution in [2.45, 2.75) is 39.6 Å². The minimum atomic E-state index is -0.409. The van der Waals surface area contributed by atoms with Crippen molar-refractivity contribution in [3.63, 3.8) is 0 Å². The third-order valence-electron chi connectivity index (χ3n) is 3.51. The second-order valence-electron chi connectivity index (χ2n) is 5.42. The first-order valence-electron chi connectivity index (χ1n) is 8.23. The number of rotatable bonds is 9. The maximum Gasteiger partial charge on any atom is 0.273 e. The van der Waals surface area contributed by atoms with E-state index in [0.717, 1.165) is 10.0 Å². The van der Waals surface area contributed by atoms with Gasteiger partial charge in [-0.2, -0.15) is 0 Å². The molecule has 0 aliphatic rings. The number of benzene rings is 1. The largest absolute Gasteiger partial charge is 0.351 e. The highest BCUT2D eigenvalue weighted by molar-refractivity contribution is 9.10. The molecule has 1 N–H and O–H groups in total. The molecule has 0 radical (unpaired) electrons. The number of amides is 1. The van der Waals surface area contributed by atoms with Gasteiger partial charge in [-0.1, -0.05) is 33.3 Å². The average molecular weight is 411 g/mol. The van der Waals surface area contributed by atoms with E-state index >= 15 is 0 Å². The second kappa shape index (κ2) is 9.65. The minimum Gasteiger partial charge on any atom is -0.351 e. The van der Waals surface area contributed by atoms with Crippen LogP contribution in [0.4, 0.5) is 0 Å². The topological polar surface area (TPSA) is 78.3 Å². The minimum absolute atomic E-state index is 0.144. The number of nitrogens with one attached hydrogen (secondary N) is 1. The molecule has 1 aromatic carbocycles. The van der Waals surface area contributed by atoms with Gasteiger partial charge < -0.3 is 14.8 Å². The quantitative estimate of drug-likeness (QED) is 0.642. The molecule has 1 atom stereocenters. The Bertz CT molecular complexity index is 686. The number of aromatic nitrogens is 3. The molecule has 0 aliphatic heterocycles. The van der Waals surface area contributed by atoms with Gasteiger partial charge in [0, 0.05) is 17.7 Å². The molecule has 2 rings (SSSR count). The Labute approximate surface area is 155 Å². The van der Waals surface area contributed by atoms with E-state index in [2.05, 4.69) is 31.6 Å². The molecule has 0 saturated heterocycles. The molecule has 1 aromatic heterocycles. The van der Waals surface area contributed by atoms with Gasteiger partial charge in [0.25, 0.3) is 5.91 Å². The second-order valence-corrected chi connectivity index (χ2v) is 6.33. The van der Waals surface area contributed by atoms with Crippen LogP contribution in [0.15, 0.2) is 34.9 Å². The molecule has 0 fully saturated rings. The van der Waals surface area contributed by atoms with E-state index < -0.39 is 6.29 Å². The Morgan fingerprint density at radius 1 is 1.32 bits per heavy atom. The fourth-order valence-electron chi connectivity index (χ4n) is 2.30. The van der Waals surface area contributed by atoms with Crippen LogP contribution in [0.2, 0.25) is 0 Å². The standard InChI is InChI=1S/C17H23BrN4O3/c1-4-24-16(25-5-2)11-22-10-15(20-21-22)17(23)19-12(3)13-7-6-8-14(18)9-13/h6-10,12,16H,4-5,11H2,1-3H3,(H,19,23). The number of nitrogens with zero attached hydrogens (tertiary/aromatic N) is 3. The summed E-state index contributed by atoms with van der Waals surface area (Å²) in [6, 6.07) is 7.66. The summed E-state index contributed by atoms with van der Waals surface area (Å²) in [4.78, 5) is 12.4. The van der Waals surface area contributed by atoms with Crippen LogP contribution < -0.4 is 5.32 Å². The molecule has 136 valence electrons. The molecule has 7 nitrogen and oxygen atoms in total. The Morgan fingerprint density at radius 2 is 2.04 bits per heavy atom. The van der Waals surface area contributed by atoms with Crippen molar-refractivity contribution in [2.24, 2.45) is 0 Å². The van der Waals surface area contributed by atoms with Crippen molar-refractivity contribution in [3.8, 4) is 0 Å². The normalized spacial score (nSPS) is 12.4. The summed E-state index contributed by atoms with van der Waals surface area (Å²) in [6.07, 6.45) is 1.18. The molecule has 8 heteroatoms. The van der Waals surface area contributed by atoms with Gasteiger partial charge in [-0.15, -0.1) is 5.10 Å². The zero-order valence-corrected chi connectivity index (χ0v) is 16.2. The Kier molecular flexibility index (Phi) is 7.54. The summed E-state index contributed by atoms with van der Waals surface area (Å²) in [5.74, 6) is -0.275. The van der Waals surface area contributed by atoms with Crippen LogP contribution in [0.3, 0.4) is 0 Å². The van der Waals surface area contributed by atoms with E-state index in [1.165, 1.54) is 0 Å². The zero-order valence-electron chi connectivity index (χ0n) is 14.6. The van der Waals surface area contributed by atoms with Crippen molar-refractivity contribution in [2.75, 3.05) is 13.2 Å². The fraction of sp³-hybridized carbons (Fsp3) is 0.471. The molecular weight excluding hydrogens is 388 g/mol. The van der Waals surface area contributed by atoms with E-state index in [1.807, 2.05) is 45.0 Å². The lowest BCUT2D eigenvalue weighted by atomic mass is 10.1. The molecule has 0 spiro atoms. The maximum atomic E-state index is 12.4. The lowest BCUT2D eigenvalue weighted by molar-refractivity contribution is -0.145. The van der Waals surface area contributed by atoms with Crippen molar-refractivity contribution in [3.05, 3.63) is 46.2 Å². The molecule has 2 aromatic rings. The third kappa shape index (κ3) is 5.91. The molecule has 25 heavy (non-hydrogen) atoms. The molecule has 1 heterocycles. The molecule has 1 unspecified atom stereocenters. The highest BCUT2D eigenvalue weighted by Gasteiger charge is 2.17. The first kappa shape index (κ1) is 19.6.